The molecule has 6 rings (SSSR count). The number of thioether (sulfide) groups is 4. The van der Waals surface area contributed by atoms with Crippen molar-refractivity contribution in [1.82, 2.24) is 8.75 Å². The lowest BCUT2D eigenvalue weighted by molar-refractivity contribution is -0.109. The van der Waals surface area contributed by atoms with E-state index in [2.05, 4.69) is 99.3 Å². The Balaban J connectivity index is 1.35. The van der Waals surface area contributed by atoms with Crippen LogP contribution in [-0.2, 0) is 55.0 Å². The Morgan fingerprint density at radius 2 is 0.667 bits per heavy atom. The molecule has 1 aromatic heterocycles. The molecule has 10 nitrogen and oxygen atoms in total. The van der Waals surface area contributed by atoms with E-state index in [0.29, 0.717) is 85.1 Å². The van der Waals surface area contributed by atoms with E-state index in [9.17, 15) is 19.2 Å². The number of aromatic nitrogens is 2. The first-order valence-electron chi connectivity index (χ1n) is 36.2. The summed E-state index contributed by atoms with van der Waals surface area (Å²) in [5.41, 5.74) is 11.8. The molecule has 0 aliphatic heterocycles. The number of benzene rings is 5. The third-order valence-electron chi connectivity index (χ3n) is 16.3. The Morgan fingerprint density at radius 1 is 0.343 bits per heavy atom. The predicted octanol–water partition coefficient (Wildman–Crippen LogP) is 21.8. The van der Waals surface area contributed by atoms with Gasteiger partial charge in [-0.2, -0.15) is 8.75 Å². The number of rotatable bonds is 42. The van der Waals surface area contributed by atoms with Crippen molar-refractivity contribution >= 4 is 90.3 Å². The largest absolute Gasteiger partial charge is 0.493 e. The van der Waals surface area contributed by atoms with Gasteiger partial charge in [-0.05, 0) is 96.0 Å². The second kappa shape index (κ2) is 48.3. The van der Waals surface area contributed by atoms with Gasteiger partial charge in [-0.3, -0.25) is 19.2 Å². The molecule has 5 aromatic carbocycles. The molecule has 0 saturated heterocycles. The molecule has 528 valence electrons. The van der Waals surface area contributed by atoms with Gasteiger partial charge in [-0.25, -0.2) is 0 Å². The zero-order valence-corrected chi connectivity index (χ0v) is 64.3. The Labute approximate surface area is 614 Å². The second-order valence-corrected chi connectivity index (χ2v) is 30.3. The summed E-state index contributed by atoms with van der Waals surface area (Å²) in [6.07, 6.45) is 28.1. The first kappa shape index (κ1) is 81.4. The number of fused-ring (bicyclic) bond motifs is 1. The summed E-state index contributed by atoms with van der Waals surface area (Å²) in [5, 5.41) is 0.173. The van der Waals surface area contributed by atoms with Crippen molar-refractivity contribution in [3.8, 4) is 70.4 Å². The summed E-state index contributed by atoms with van der Waals surface area (Å²) >= 11 is 6.20. The number of nitrogens with zero attached hydrogens (tertiary/aromatic N) is 2. The van der Waals surface area contributed by atoms with Gasteiger partial charge in [-0.15, -0.1) is 0 Å². The lowest BCUT2D eigenvalue weighted by atomic mass is 10.0. The zero-order chi connectivity index (χ0) is 70.7. The third kappa shape index (κ3) is 32.3. The molecule has 15 heteroatoms. The van der Waals surface area contributed by atoms with Crippen molar-refractivity contribution in [1.29, 1.82) is 0 Å². The lowest BCUT2D eigenvalue weighted by Gasteiger charge is -2.15. The molecule has 0 atom stereocenters. The fourth-order valence-corrected chi connectivity index (χ4v) is 13.7. The Hall–Kier alpha value is -6.56. The van der Waals surface area contributed by atoms with Gasteiger partial charge in [0.15, 0.2) is 20.5 Å². The molecule has 0 saturated carbocycles. The molecule has 0 aliphatic rings. The van der Waals surface area contributed by atoms with Crippen LogP contribution in [0.2, 0.25) is 0 Å². The minimum atomic E-state index is 0.0424. The molecule has 0 unspecified atom stereocenters. The topological polar surface area (TPSA) is 131 Å². The predicted molar refractivity (Wildman–Crippen MR) is 420 cm³/mol. The molecule has 0 aliphatic carbocycles. The maximum Gasteiger partial charge on any atom is 0.186 e. The van der Waals surface area contributed by atoms with E-state index in [-0.39, 0.29) is 20.5 Å². The van der Waals surface area contributed by atoms with Crippen LogP contribution in [0, 0.1) is 47.4 Å². The number of hydrogen-bond donors (Lipinski definition) is 0. The molecule has 99 heavy (non-hydrogen) atoms. The first-order chi connectivity index (χ1) is 48.2. The maximum absolute atomic E-state index is 12.0. The van der Waals surface area contributed by atoms with Gasteiger partial charge in [0.2, 0.25) is 0 Å². The zero-order valence-electron chi connectivity index (χ0n) is 60.2. The molecule has 1 heterocycles. The van der Waals surface area contributed by atoms with Crippen molar-refractivity contribution in [2.45, 2.75) is 245 Å². The van der Waals surface area contributed by atoms with Crippen LogP contribution in [0.3, 0.4) is 0 Å². The van der Waals surface area contributed by atoms with E-state index in [0.717, 1.165) is 142 Å². The molecule has 6 aromatic rings. The van der Waals surface area contributed by atoms with Crippen molar-refractivity contribution in [2.24, 2.45) is 0 Å². The van der Waals surface area contributed by atoms with Crippen LogP contribution in [0.1, 0.15) is 276 Å². The van der Waals surface area contributed by atoms with E-state index in [4.69, 9.17) is 27.7 Å². The normalized spacial score (nSPS) is 10.8. The van der Waals surface area contributed by atoms with Gasteiger partial charge in [0.1, 0.15) is 34.0 Å². The highest BCUT2D eigenvalue weighted by Gasteiger charge is 2.16. The highest BCUT2D eigenvalue weighted by molar-refractivity contribution is 8.13. The number of unbranched alkanes of at least 4 members (excludes halogenated alkanes) is 20. The van der Waals surface area contributed by atoms with Crippen molar-refractivity contribution in [3.05, 3.63) is 140 Å². The molecule has 0 spiro atoms. The van der Waals surface area contributed by atoms with Crippen molar-refractivity contribution in [2.75, 3.05) is 26.4 Å². The van der Waals surface area contributed by atoms with Gasteiger partial charge in [0.05, 0.1) is 60.4 Å². The van der Waals surface area contributed by atoms with Crippen LogP contribution in [0.15, 0.2) is 72.8 Å². The van der Waals surface area contributed by atoms with Crippen LogP contribution < -0.4 is 18.9 Å². The van der Waals surface area contributed by atoms with Crippen LogP contribution in [0.25, 0.3) is 11.0 Å². The Morgan fingerprint density at radius 3 is 1.06 bits per heavy atom. The Kier molecular flexibility index (Phi) is 39.7. The van der Waals surface area contributed by atoms with Gasteiger partial charge in [0.25, 0.3) is 0 Å². The van der Waals surface area contributed by atoms with Crippen molar-refractivity contribution in [3.63, 3.8) is 0 Å². The summed E-state index contributed by atoms with van der Waals surface area (Å²) in [6.45, 7) is 17.4. The van der Waals surface area contributed by atoms with E-state index in [1.165, 1.54) is 149 Å². The highest BCUT2D eigenvalue weighted by atomic mass is 32.2. The summed E-state index contributed by atoms with van der Waals surface area (Å²) in [4.78, 5) is 48.1. The van der Waals surface area contributed by atoms with E-state index >= 15 is 0 Å². The highest BCUT2D eigenvalue weighted by Crippen LogP contribution is 2.33. The van der Waals surface area contributed by atoms with Crippen LogP contribution in [-0.4, -0.2) is 55.6 Å². The number of hydrogen-bond acceptors (Lipinski definition) is 15. The number of carbonyl (C=O) groups excluding carboxylic acids is 4. The SMILES string of the molecule is CCCCCCCCOc1cc(C#Cc2cc(CSC(C)=O)cc(CSC(C)=O)c2)c(OCCCCCCCC)cc1C#CCc1ccc(C#CCc2cc(OCCCCCCCC)c(C#Cc3cc(CSC(C)=O)cc(CSC(C)=O)c3)cc2OCCCCCCCC)c2nsnc12. The molecule has 0 bridgehead atoms. The van der Waals surface area contributed by atoms with Crippen LogP contribution in [0.4, 0.5) is 0 Å². The molecule has 0 radical (unpaired) electrons. The minimum absolute atomic E-state index is 0.0424. The monoisotopic (exact) mass is 1430 g/mol. The van der Waals surface area contributed by atoms with E-state index in [1.54, 1.807) is 27.7 Å². The maximum atomic E-state index is 12.0. The van der Waals surface area contributed by atoms with Gasteiger partial charge in [-0.1, -0.05) is 269 Å². The molecular formula is C84H104N2O8S5. The quantitative estimate of drug-likeness (QED) is 0.0266. The summed E-state index contributed by atoms with van der Waals surface area (Å²) in [7, 11) is 0. The summed E-state index contributed by atoms with van der Waals surface area (Å²) in [5.74, 6) is 32.5. The fraction of sp³-hybridized carbons (Fsp3) is 0.500. The van der Waals surface area contributed by atoms with Crippen LogP contribution in [0.5, 0.6) is 23.0 Å². The van der Waals surface area contributed by atoms with E-state index in [1.807, 2.05) is 48.5 Å². The number of carbonyl (C=O) groups is 4. The van der Waals surface area contributed by atoms with Gasteiger partial charge >= 0.3 is 0 Å². The average Bonchev–Trinajstić information content (AvgIpc) is 1.75. The second-order valence-electron chi connectivity index (χ2n) is 25.2. The third-order valence-corrected chi connectivity index (χ3v) is 20.4. The Bertz CT molecular complexity index is 3740. The lowest BCUT2D eigenvalue weighted by Crippen LogP contribution is -2.04. The average molecular weight is 1430 g/mol. The van der Waals surface area contributed by atoms with Gasteiger partial charge < -0.3 is 18.9 Å². The summed E-state index contributed by atoms with van der Waals surface area (Å²) in [6, 6.07) is 24.3. The van der Waals surface area contributed by atoms with Crippen LogP contribution >= 0.6 is 58.8 Å². The summed E-state index contributed by atoms with van der Waals surface area (Å²) < 4.78 is 36.3. The molecule has 0 amide bonds. The fourth-order valence-electron chi connectivity index (χ4n) is 11.0. The standard InChI is InChI=1S/C84H104N2O8S5/c1-9-13-17-21-25-29-45-91-79-57-77(41-39-67-49-69(59-95-63(5)87)53-70(50-67)60-96-64(6)88)81(93-47-31-27-23-19-15-11-3)55-75(79)37-33-35-73-43-44-74(84-83(73)85-99-86-84)36-34-38-76-56-82(94-48-32-28-24-20-16-12-4)78(58-80(76)92-46-30-26-22-18-14-10-2)42-40-68-51-71(61-97-65(7)89)54-72(52-68)62-98-66(8)90/h43-44,49-58H,9-32,35,38,45-48,59-62H2,1-8H3. The first-order valence-corrected chi connectivity index (χ1v) is 40.8. The molecule has 0 N–H and O–H groups in total. The molecule has 0 fully saturated rings. The van der Waals surface area contributed by atoms with Gasteiger partial charge in [0, 0.05) is 92.4 Å². The number of ether oxygens (including phenoxy) is 4. The molecular weight excluding hydrogens is 1330 g/mol. The van der Waals surface area contributed by atoms with E-state index < -0.39 is 0 Å². The van der Waals surface area contributed by atoms with Crippen molar-refractivity contribution < 1.29 is 38.1 Å². The smallest absolute Gasteiger partial charge is 0.186 e. The minimum Gasteiger partial charge on any atom is -0.493 e.